The van der Waals surface area contributed by atoms with Gasteiger partial charge in [-0.3, -0.25) is 10.1 Å². The summed E-state index contributed by atoms with van der Waals surface area (Å²) in [6.45, 7) is 0. The number of nitrogens with two attached hydrogens (primary N) is 1. The van der Waals surface area contributed by atoms with Gasteiger partial charge in [0.1, 0.15) is 5.69 Å². The number of nitro groups is 1. The molecule has 1 aromatic carbocycles. The Kier molecular flexibility index (Phi) is 2.61. The quantitative estimate of drug-likeness (QED) is 0.675. The van der Waals surface area contributed by atoms with Crippen LogP contribution in [0.4, 0.5) is 11.6 Å². The Balaban J connectivity index is 2.51. The topological polar surface area (TPSA) is 95.2 Å². The first-order valence-corrected chi connectivity index (χ1v) is 5.04. The summed E-state index contributed by atoms with van der Waals surface area (Å²) in [7, 11) is 0. The third-order valence-electron chi connectivity index (χ3n) is 1.97. The molecule has 0 unspecified atom stereocenters. The molecule has 0 fully saturated rings. The second-order valence-corrected chi connectivity index (χ2v) is 3.89. The van der Waals surface area contributed by atoms with Gasteiger partial charge in [0.05, 0.1) is 9.40 Å². The normalized spacial score (nSPS) is 10.3. The number of nitrogen functional groups attached to an aromatic ring is 1. The van der Waals surface area contributed by atoms with Gasteiger partial charge in [0.2, 0.25) is 5.88 Å². The van der Waals surface area contributed by atoms with Crippen LogP contribution in [0.25, 0.3) is 11.3 Å². The molecule has 0 bridgehead atoms. The predicted molar refractivity (Wildman–Crippen MR) is 60.7 cm³/mol. The number of aromatic nitrogens is 1. The third kappa shape index (κ3) is 1.89. The van der Waals surface area contributed by atoms with Crippen LogP contribution in [-0.2, 0) is 0 Å². The van der Waals surface area contributed by atoms with Crippen LogP contribution >= 0.6 is 15.9 Å². The van der Waals surface area contributed by atoms with Gasteiger partial charge in [0.25, 0.3) is 5.69 Å². The van der Waals surface area contributed by atoms with Crippen molar-refractivity contribution in [3.8, 4) is 11.3 Å². The Hall–Kier alpha value is -1.89. The van der Waals surface area contributed by atoms with Gasteiger partial charge >= 0.3 is 0 Å². The molecular formula is C9H6BrN3O3. The first-order chi connectivity index (χ1) is 7.58. The molecule has 0 atom stereocenters. The highest BCUT2D eigenvalue weighted by Crippen LogP contribution is 2.30. The molecule has 2 aromatic rings. The fourth-order valence-electron chi connectivity index (χ4n) is 1.24. The van der Waals surface area contributed by atoms with E-state index in [1.807, 2.05) is 0 Å². The molecule has 1 heterocycles. The fraction of sp³-hybridized carbons (Fsp3) is 0. The molecule has 6 nitrogen and oxygen atoms in total. The van der Waals surface area contributed by atoms with E-state index in [0.29, 0.717) is 15.7 Å². The maximum Gasteiger partial charge on any atom is 0.284 e. The summed E-state index contributed by atoms with van der Waals surface area (Å²) >= 11 is 3.10. The standard InChI is InChI=1S/C9H6BrN3O3/c10-6-2-1-5(3-8(6)13(14)15)7-4-9(11)16-12-7/h1-4H,11H2. The highest BCUT2D eigenvalue weighted by Gasteiger charge is 2.14. The average molecular weight is 284 g/mol. The smallest absolute Gasteiger partial charge is 0.284 e. The lowest BCUT2D eigenvalue weighted by Crippen LogP contribution is -1.90. The van der Waals surface area contributed by atoms with Crippen molar-refractivity contribution in [1.29, 1.82) is 0 Å². The van der Waals surface area contributed by atoms with Gasteiger partial charge in [0, 0.05) is 17.7 Å². The van der Waals surface area contributed by atoms with Gasteiger partial charge in [-0.15, -0.1) is 0 Å². The number of halogens is 1. The second kappa shape index (κ2) is 3.93. The van der Waals surface area contributed by atoms with Gasteiger partial charge < -0.3 is 10.3 Å². The molecule has 82 valence electrons. The van der Waals surface area contributed by atoms with Crippen molar-refractivity contribution >= 4 is 27.5 Å². The number of hydrogen-bond acceptors (Lipinski definition) is 5. The van der Waals surface area contributed by atoms with E-state index in [0.717, 1.165) is 0 Å². The Morgan fingerprint density at radius 1 is 1.44 bits per heavy atom. The van der Waals surface area contributed by atoms with Crippen molar-refractivity contribution in [2.45, 2.75) is 0 Å². The van der Waals surface area contributed by atoms with Crippen molar-refractivity contribution in [1.82, 2.24) is 5.16 Å². The molecule has 0 saturated heterocycles. The molecule has 0 radical (unpaired) electrons. The molecule has 0 spiro atoms. The fourth-order valence-corrected chi connectivity index (χ4v) is 1.63. The van der Waals surface area contributed by atoms with Crippen LogP contribution in [0.3, 0.4) is 0 Å². The molecule has 0 aliphatic rings. The van der Waals surface area contributed by atoms with E-state index in [4.69, 9.17) is 10.3 Å². The molecule has 2 N–H and O–H groups in total. The number of benzene rings is 1. The van der Waals surface area contributed by atoms with Crippen LogP contribution < -0.4 is 5.73 Å². The lowest BCUT2D eigenvalue weighted by molar-refractivity contribution is -0.385. The number of anilines is 1. The summed E-state index contributed by atoms with van der Waals surface area (Å²) in [6, 6.07) is 6.18. The first kappa shape index (κ1) is 10.6. The van der Waals surface area contributed by atoms with E-state index < -0.39 is 4.92 Å². The van der Waals surface area contributed by atoms with Crippen LogP contribution in [-0.4, -0.2) is 10.1 Å². The van der Waals surface area contributed by atoms with E-state index in [1.165, 1.54) is 12.1 Å². The average Bonchev–Trinajstić information content (AvgIpc) is 2.65. The summed E-state index contributed by atoms with van der Waals surface area (Å²) in [4.78, 5) is 10.2. The van der Waals surface area contributed by atoms with Gasteiger partial charge in [0.15, 0.2) is 0 Å². The number of hydrogen-bond donors (Lipinski definition) is 1. The zero-order valence-electron chi connectivity index (χ0n) is 7.88. The minimum atomic E-state index is -0.475. The van der Waals surface area contributed by atoms with Crippen LogP contribution in [0.1, 0.15) is 0 Å². The molecule has 0 amide bonds. The summed E-state index contributed by atoms with van der Waals surface area (Å²) in [5.74, 6) is 0.167. The molecule has 7 heteroatoms. The van der Waals surface area contributed by atoms with E-state index in [9.17, 15) is 10.1 Å². The van der Waals surface area contributed by atoms with Crippen molar-refractivity contribution in [2.75, 3.05) is 5.73 Å². The van der Waals surface area contributed by atoms with Crippen molar-refractivity contribution < 1.29 is 9.45 Å². The van der Waals surface area contributed by atoms with Crippen molar-refractivity contribution in [3.63, 3.8) is 0 Å². The van der Waals surface area contributed by atoms with Gasteiger partial charge in [-0.05, 0) is 22.0 Å². The molecule has 0 aliphatic heterocycles. The zero-order chi connectivity index (χ0) is 11.7. The number of nitro benzene ring substituents is 1. The van der Waals surface area contributed by atoms with E-state index in [1.54, 1.807) is 12.1 Å². The molecule has 0 saturated carbocycles. The van der Waals surface area contributed by atoms with E-state index in [2.05, 4.69) is 21.1 Å². The van der Waals surface area contributed by atoms with Crippen LogP contribution in [0.2, 0.25) is 0 Å². The third-order valence-corrected chi connectivity index (χ3v) is 2.64. The lowest BCUT2D eigenvalue weighted by atomic mass is 10.1. The summed E-state index contributed by atoms with van der Waals surface area (Å²) < 4.78 is 5.11. The van der Waals surface area contributed by atoms with Gasteiger partial charge in [-0.1, -0.05) is 11.2 Å². The van der Waals surface area contributed by atoms with Crippen molar-refractivity contribution in [2.24, 2.45) is 0 Å². The maximum atomic E-state index is 10.7. The lowest BCUT2D eigenvalue weighted by Gasteiger charge is -1.98. The molecule has 0 aliphatic carbocycles. The second-order valence-electron chi connectivity index (χ2n) is 3.04. The highest BCUT2D eigenvalue weighted by atomic mass is 79.9. The van der Waals surface area contributed by atoms with Crippen LogP contribution in [0, 0.1) is 10.1 Å². The van der Waals surface area contributed by atoms with Gasteiger partial charge in [-0.25, -0.2) is 0 Å². The largest absolute Gasteiger partial charge is 0.368 e. The Morgan fingerprint density at radius 2 is 2.19 bits per heavy atom. The molecule has 16 heavy (non-hydrogen) atoms. The van der Waals surface area contributed by atoms with Crippen LogP contribution in [0.5, 0.6) is 0 Å². The highest BCUT2D eigenvalue weighted by molar-refractivity contribution is 9.10. The van der Waals surface area contributed by atoms with Gasteiger partial charge in [-0.2, -0.15) is 0 Å². The predicted octanol–water partition coefficient (Wildman–Crippen LogP) is 2.59. The zero-order valence-corrected chi connectivity index (χ0v) is 9.47. The number of rotatable bonds is 2. The molecule has 2 rings (SSSR count). The SMILES string of the molecule is Nc1cc(-c2ccc(Br)c([N+](=O)[O-])c2)no1. The minimum Gasteiger partial charge on any atom is -0.368 e. The summed E-state index contributed by atoms with van der Waals surface area (Å²) in [5, 5.41) is 14.4. The molecular weight excluding hydrogens is 278 g/mol. The summed E-state index contributed by atoms with van der Waals surface area (Å²) in [6.07, 6.45) is 0. The number of nitrogens with zero attached hydrogens (tertiary/aromatic N) is 2. The molecule has 1 aromatic heterocycles. The van der Waals surface area contributed by atoms with Crippen LogP contribution in [0.15, 0.2) is 33.3 Å². The van der Waals surface area contributed by atoms with E-state index >= 15 is 0 Å². The monoisotopic (exact) mass is 283 g/mol. The minimum absolute atomic E-state index is 0.0286. The Labute approximate surface area is 98.3 Å². The maximum absolute atomic E-state index is 10.7. The Bertz CT molecular complexity index is 553. The van der Waals surface area contributed by atoms with E-state index in [-0.39, 0.29) is 11.6 Å². The first-order valence-electron chi connectivity index (χ1n) is 4.24. The van der Waals surface area contributed by atoms with Crippen molar-refractivity contribution in [3.05, 3.63) is 38.9 Å². The Morgan fingerprint density at radius 3 is 2.75 bits per heavy atom. The summed E-state index contributed by atoms with van der Waals surface area (Å²) in [5.41, 5.74) is 6.39.